The van der Waals surface area contributed by atoms with Gasteiger partial charge in [-0.3, -0.25) is 19.7 Å². The highest BCUT2D eigenvalue weighted by Crippen LogP contribution is 2.32. The van der Waals surface area contributed by atoms with Crippen LogP contribution in [0.25, 0.3) is 11.1 Å². The second-order valence-electron chi connectivity index (χ2n) is 9.24. The molecule has 0 aliphatic heterocycles. The number of primary sulfonamides is 1. The van der Waals surface area contributed by atoms with Crippen LogP contribution in [-0.2, 0) is 32.7 Å². The van der Waals surface area contributed by atoms with Crippen molar-refractivity contribution in [3.05, 3.63) is 94.0 Å². The maximum Gasteiger partial charge on any atom is 0.269 e. The maximum absolute atomic E-state index is 12.9. The van der Waals surface area contributed by atoms with Gasteiger partial charge in [0, 0.05) is 42.6 Å². The zero-order valence-corrected chi connectivity index (χ0v) is 21.3. The number of non-ortho nitro benzene ring substituents is 1. The number of benzene rings is 3. The van der Waals surface area contributed by atoms with Gasteiger partial charge < -0.3 is 10.6 Å². The van der Waals surface area contributed by atoms with Crippen molar-refractivity contribution >= 4 is 27.5 Å². The van der Waals surface area contributed by atoms with E-state index in [1.54, 1.807) is 54.6 Å². The van der Waals surface area contributed by atoms with Crippen LogP contribution in [0.5, 0.6) is 0 Å². The molecule has 0 unspecified atom stereocenters. The molecule has 0 aromatic heterocycles. The van der Waals surface area contributed by atoms with E-state index >= 15 is 0 Å². The number of sulfonamides is 1. The summed E-state index contributed by atoms with van der Waals surface area (Å²) in [5, 5.41) is 21.9. The number of carbonyl (C=O) groups is 2. The van der Waals surface area contributed by atoms with Gasteiger partial charge in [0.05, 0.1) is 9.82 Å². The number of hydrogen-bond acceptors (Lipinski definition) is 6. The molecule has 4 rings (SSSR count). The largest absolute Gasteiger partial charge is 0.352 e. The zero-order valence-electron chi connectivity index (χ0n) is 20.5. The lowest BCUT2D eigenvalue weighted by molar-refractivity contribution is -0.384. The highest BCUT2D eigenvalue weighted by Gasteiger charge is 2.37. The molecule has 3 aromatic carbocycles. The third-order valence-corrected chi connectivity index (χ3v) is 7.70. The maximum atomic E-state index is 12.9. The number of nitrogens with two attached hydrogens (primary N) is 1. The lowest BCUT2D eigenvalue weighted by atomic mass is 9.94. The first-order valence-electron chi connectivity index (χ1n) is 12.1. The minimum atomic E-state index is -3.87. The van der Waals surface area contributed by atoms with E-state index in [0.717, 1.165) is 17.5 Å². The van der Waals surface area contributed by atoms with Crippen LogP contribution in [0.3, 0.4) is 0 Å². The van der Waals surface area contributed by atoms with Gasteiger partial charge in [-0.05, 0) is 35.6 Å². The van der Waals surface area contributed by atoms with E-state index in [1.807, 2.05) is 0 Å². The molecule has 2 atom stereocenters. The Kier molecular flexibility index (Phi) is 8.18. The van der Waals surface area contributed by atoms with Gasteiger partial charge in [-0.1, -0.05) is 61.0 Å². The van der Waals surface area contributed by atoms with Crippen molar-refractivity contribution in [2.45, 2.75) is 37.2 Å². The summed E-state index contributed by atoms with van der Waals surface area (Å²) in [6.07, 6.45) is 2.00. The van der Waals surface area contributed by atoms with Crippen LogP contribution in [0.4, 0.5) is 5.69 Å². The molecule has 0 bridgehead atoms. The first-order valence-corrected chi connectivity index (χ1v) is 13.7. The summed E-state index contributed by atoms with van der Waals surface area (Å²) in [6.45, 7) is 0.492. The number of carbonyl (C=O) groups excluding carboxylic acids is 2. The summed E-state index contributed by atoms with van der Waals surface area (Å²) in [7, 11) is -3.87. The van der Waals surface area contributed by atoms with E-state index in [9.17, 15) is 28.1 Å². The second-order valence-corrected chi connectivity index (χ2v) is 10.8. The van der Waals surface area contributed by atoms with Crippen LogP contribution in [0.15, 0.2) is 77.7 Å². The Labute approximate surface area is 220 Å². The quantitative estimate of drug-likeness (QED) is 0.281. The molecule has 4 N–H and O–H groups in total. The number of hydrogen-bond donors (Lipinski definition) is 3. The Morgan fingerprint density at radius 3 is 1.84 bits per heavy atom. The molecule has 38 heavy (non-hydrogen) atoms. The highest BCUT2D eigenvalue weighted by molar-refractivity contribution is 7.89. The molecule has 0 heterocycles. The van der Waals surface area contributed by atoms with Crippen molar-refractivity contribution < 1.29 is 22.9 Å². The Bertz CT molecular complexity index is 1440. The van der Waals surface area contributed by atoms with E-state index in [4.69, 9.17) is 5.14 Å². The lowest BCUT2D eigenvalue weighted by Crippen LogP contribution is -2.39. The summed E-state index contributed by atoms with van der Waals surface area (Å²) < 4.78 is 23.8. The van der Waals surface area contributed by atoms with Crippen molar-refractivity contribution in [1.82, 2.24) is 10.6 Å². The van der Waals surface area contributed by atoms with E-state index in [0.29, 0.717) is 24.0 Å². The summed E-state index contributed by atoms with van der Waals surface area (Å²) in [4.78, 5) is 36.1. The summed E-state index contributed by atoms with van der Waals surface area (Å²) >= 11 is 0. The smallest absolute Gasteiger partial charge is 0.269 e. The number of rotatable bonds is 9. The van der Waals surface area contributed by atoms with Crippen LogP contribution in [0, 0.1) is 22.0 Å². The lowest BCUT2D eigenvalue weighted by Gasteiger charge is -2.19. The molecule has 2 amide bonds. The van der Waals surface area contributed by atoms with E-state index < -0.39 is 26.8 Å². The third-order valence-electron chi connectivity index (χ3n) is 6.73. The fourth-order valence-electron chi connectivity index (χ4n) is 4.72. The predicted molar refractivity (Wildman–Crippen MR) is 141 cm³/mol. The van der Waals surface area contributed by atoms with Crippen LogP contribution < -0.4 is 15.8 Å². The van der Waals surface area contributed by atoms with Gasteiger partial charge >= 0.3 is 0 Å². The standard InChI is InChI=1S/C27H28N4O6S/c28-38(36,37)25-7-2-1-4-22(25)20-12-8-18(9-13-20)16-29-26(32)23-5-3-6-24(23)27(33)30-17-19-10-14-21(15-11-19)31(34)35/h1-2,4,7-15,23-24H,3,5-6,16-17H2,(H,29,32)(H,30,33)(H2,28,36,37)/t23-,24-/m1/s1. The molecule has 0 radical (unpaired) electrons. The third kappa shape index (κ3) is 6.42. The molecule has 0 spiro atoms. The fraction of sp³-hybridized carbons (Fsp3) is 0.259. The minimum absolute atomic E-state index is 0.0180. The van der Waals surface area contributed by atoms with E-state index in [2.05, 4.69) is 10.6 Å². The summed E-state index contributed by atoms with van der Waals surface area (Å²) in [5.74, 6) is -1.28. The Hall–Kier alpha value is -4.09. The molecule has 198 valence electrons. The zero-order chi connectivity index (χ0) is 27.3. The summed E-state index contributed by atoms with van der Waals surface area (Å²) in [5.41, 5.74) is 2.73. The molecular formula is C27H28N4O6S. The Morgan fingerprint density at radius 2 is 1.34 bits per heavy atom. The first-order chi connectivity index (χ1) is 18.1. The Morgan fingerprint density at radius 1 is 0.842 bits per heavy atom. The van der Waals surface area contributed by atoms with E-state index in [-0.39, 0.29) is 35.5 Å². The predicted octanol–water partition coefficient (Wildman–Crippen LogP) is 3.26. The van der Waals surface area contributed by atoms with Gasteiger partial charge in [0.2, 0.25) is 21.8 Å². The second kappa shape index (κ2) is 11.5. The van der Waals surface area contributed by atoms with Crippen molar-refractivity contribution in [1.29, 1.82) is 0 Å². The summed E-state index contributed by atoms with van der Waals surface area (Å²) in [6, 6.07) is 19.6. The normalized spacial score (nSPS) is 17.1. The fourth-order valence-corrected chi connectivity index (χ4v) is 5.48. The average Bonchev–Trinajstić information content (AvgIpc) is 3.41. The van der Waals surface area contributed by atoms with Crippen LogP contribution in [0.2, 0.25) is 0 Å². The van der Waals surface area contributed by atoms with Gasteiger partial charge in [0.1, 0.15) is 0 Å². The first kappa shape index (κ1) is 27.0. The number of nitrogens with one attached hydrogen (secondary N) is 2. The molecule has 1 aliphatic carbocycles. The van der Waals surface area contributed by atoms with Crippen molar-refractivity contribution in [3.63, 3.8) is 0 Å². The topological polar surface area (TPSA) is 162 Å². The molecule has 1 saturated carbocycles. The van der Waals surface area contributed by atoms with Gasteiger partial charge in [-0.25, -0.2) is 13.6 Å². The Balaban J connectivity index is 1.33. The molecule has 10 nitrogen and oxygen atoms in total. The van der Waals surface area contributed by atoms with E-state index in [1.165, 1.54) is 18.2 Å². The molecule has 0 saturated heterocycles. The highest BCUT2D eigenvalue weighted by atomic mass is 32.2. The molecule has 1 fully saturated rings. The molecular weight excluding hydrogens is 508 g/mol. The van der Waals surface area contributed by atoms with Crippen molar-refractivity contribution in [2.75, 3.05) is 0 Å². The number of nitrogens with zero attached hydrogens (tertiary/aromatic N) is 1. The average molecular weight is 537 g/mol. The van der Waals surface area contributed by atoms with Gasteiger partial charge in [0.15, 0.2) is 0 Å². The van der Waals surface area contributed by atoms with Gasteiger partial charge in [-0.2, -0.15) is 0 Å². The van der Waals surface area contributed by atoms with Gasteiger partial charge in [0.25, 0.3) is 5.69 Å². The van der Waals surface area contributed by atoms with Crippen LogP contribution in [0.1, 0.15) is 30.4 Å². The van der Waals surface area contributed by atoms with Crippen molar-refractivity contribution in [2.24, 2.45) is 17.0 Å². The van der Waals surface area contributed by atoms with Crippen LogP contribution >= 0.6 is 0 Å². The monoisotopic (exact) mass is 536 g/mol. The molecule has 11 heteroatoms. The van der Waals surface area contributed by atoms with Gasteiger partial charge in [-0.15, -0.1) is 0 Å². The van der Waals surface area contributed by atoms with Crippen LogP contribution in [-0.4, -0.2) is 25.2 Å². The number of amides is 2. The number of nitro groups is 1. The van der Waals surface area contributed by atoms with Crippen molar-refractivity contribution in [3.8, 4) is 11.1 Å². The molecule has 1 aliphatic rings. The SMILES string of the molecule is NS(=O)(=O)c1ccccc1-c1ccc(CNC(=O)[C@@H]2CCC[C@H]2C(=O)NCc2ccc([N+](=O)[O-])cc2)cc1. The molecule has 3 aromatic rings. The number of nitro benzene ring substituents is 1. The minimum Gasteiger partial charge on any atom is -0.352 e.